The average Bonchev–Trinajstić information content (AvgIpc) is 3.15. The van der Waals surface area contributed by atoms with Crippen molar-refractivity contribution in [3.8, 4) is 23.0 Å². The van der Waals surface area contributed by atoms with Crippen LogP contribution in [0, 0.1) is 20.2 Å². The molecule has 0 aromatic heterocycles. The third-order valence-electron chi connectivity index (χ3n) is 8.89. The van der Waals surface area contributed by atoms with Crippen molar-refractivity contribution in [1.82, 2.24) is 0 Å². The van der Waals surface area contributed by atoms with Crippen LogP contribution in [0.5, 0.6) is 23.0 Å². The minimum atomic E-state index is -0.832. The van der Waals surface area contributed by atoms with Crippen LogP contribution in [0.25, 0.3) is 0 Å². The van der Waals surface area contributed by atoms with Gasteiger partial charge in [-0.15, -0.1) is 0 Å². The van der Waals surface area contributed by atoms with Gasteiger partial charge in [0.15, 0.2) is 0 Å². The van der Waals surface area contributed by atoms with E-state index >= 15 is 0 Å². The molecule has 1 aliphatic carbocycles. The van der Waals surface area contributed by atoms with Crippen LogP contribution in [0.3, 0.4) is 0 Å². The second kappa shape index (κ2) is 18.4. The predicted molar refractivity (Wildman–Crippen MR) is 207 cm³/mol. The molecular formula is C42H38N2O16. The lowest BCUT2D eigenvalue weighted by Crippen LogP contribution is -2.15. The van der Waals surface area contributed by atoms with E-state index in [9.17, 15) is 49.0 Å². The first kappa shape index (κ1) is 43.6. The molecule has 4 aromatic rings. The topological polar surface area (TPSA) is 244 Å². The SMILES string of the molecule is CCOC(=O)c1cc2c(OC(C)=O)c(c1)Cc1cc([N+](=O)[O-])cc(c1OC(C)=O)Cc1cc(C(=O)OCC)cc(c1OC(C)=O)Cc1cc([N+](=O)[O-])cc(c1OC(C)=O)C2. The Kier molecular flexibility index (Phi) is 13.4. The third kappa shape index (κ3) is 10.1. The number of carbonyl (C=O) groups is 6. The molecule has 60 heavy (non-hydrogen) atoms. The summed E-state index contributed by atoms with van der Waals surface area (Å²) in [5.74, 6) is -5.63. The number of rotatable bonds is 10. The molecule has 0 radical (unpaired) electrons. The van der Waals surface area contributed by atoms with Gasteiger partial charge in [0.2, 0.25) is 0 Å². The zero-order valence-corrected chi connectivity index (χ0v) is 33.3. The summed E-state index contributed by atoms with van der Waals surface area (Å²) in [5, 5.41) is 25.0. The highest BCUT2D eigenvalue weighted by Gasteiger charge is 2.29. The maximum absolute atomic E-state index is 13.3. The molecule has 0 unspecified atom stereocenters. The van der Waals surface area contributed by atoms with Crippen molar-refractivity contribution in [3.05, 3.63) is 124 Å². The first-order chi connectivity index (χ1) is 28.4. The van der Waals surface area contributed by atoms with Crippen LogP contribution in [0.4, 0.5) is 11.4 Å². The maximum atomic E-state index is 13.3. The lowest BCUT2D eigenvalue weighted by molar-refractivity contribution is -0.385. The fraction of sp³-hybridized carbons (Fsp3) is 0.286. The number of esters is 6. The zero-order valence-electron chi connectivity index (χ0n) is 33.3. The molecule has 0 aliphatic heterocycles. The Labute approximate surface area is 341 Å². The molecule has 0 atom stereocenters. The van der Waals surface area contributed by atoms with E-state index in [1.807, 2.05) is 0 Å². The van der Waals surface area contributed by atoms with Crippen LogP contribution in [-0.4, -0.2) is 58.9 Å². The van der Waals surface area contributed by atoms with E-state index in [1.54, 1.807) is 13.8 Å². The average molecular weight is 827 g/mol. The van der Waals surface area contributed by atoms with Gasteiger partial charge in [-0.1, -0.05) is 0 Å². The van der Waals surface area contributed by atoms with Crippen molar-refractivity contribution in [2.45, 2.75) is 67.2 Å². The predicted octanol–water partition coefficient (Wildman–Crippen LogP) is 6.23. The van der Waals surface area contributed by atoms with Gasteiger partial charge in [0.05, 0.1) is 34.2 Å². The van der Waals surface area contributed by atoms with E-state index in [2.05, 4.69) is 0 Å². The largest absolute Gasteiger partial charge is 0.462 e. The van der Waals surface area contributed by atoms with Gasteiger partial charge in [-0.3, -0.25) is 39.4 Å². The van der Waals surface area contributed by atoms with Gasteiger partial charge in [-0.05, 0) is 38.1 Å². The molecule has 312 valence electrons. The number of benzene rings is 4. The van der Waals surface area contributed by atoms with Crippen LogP contribution in [0.2, 0.25) is 0 Å². The van der Waals surface area contributed by atoms with Gasteiger partial charge < -0.3 is 28.4 Å². The summed E-state index contributed by atoms with van der Waals surface area (Å²) in [5.41, 5.74) is -0.882. The monoisotopic (exact) mass is 826 g/mol. The van der Waals surface area contributed by atoms with Gasteiger partial charge >= 0.3 is 35.8 Å². The molecule has 0 saturated heterocycles. The molecule has 0 amide bonds. The number of hydrogen-bond donors (Lipinski definition) is 0. The van der Waals surface area contributed by atoms with Gasteiger partial charge in [0.25, 0.3) is 11.4 Å². The second-order valence-corrected chi connectivity index (χ2v) is 13.5. The van der Waals surface area contributed by atoms with Crippen molar-refractivity contribution in [3.63, 3.8) is 0 Å². The van der Waals surface area contributed by atoms with E-state index in [-0.39, 0.29) is 91.8 Å². The van der Waals surface area contributed by atoms with Gasteiger partial charge in [-0.2, -0.15) is 0 Å². The van der Waals surface area contributed by atoms with Crippen molar-refractivity contribution >= 4 is 47.2 Å². The standard InChI is InChI=1S/C42H38N2O16/c1-7-55-41(49)33-13-25-9-29-17-35(43(51)52)19-31(39(29)59-23(5)47)11-27-15-34(42(50)56-8-2)16-28(38(27)58-22(4)46)12-32-20-36(44(53)54)18-30(40(32)60-24(6)48)10-26(14-33)37(25)57-21(3)45/h13-20H,7-12H2,1-6H3. The first-order valence-electron chi connectivity index (χ1n) is 18.4. The van der Waals surface area contributed by atoms with Crippen LogP contribution in [0.15, 0.2) is 48.5 Å². The summed E-state index contributed by atoms with van der Waals surface area (Å²) in [6.45, 7) is 7.45. The molecule has 0 spiro atoms. The number of non-ortho nitro benzene ring substituents is 2. The lowest BCUT2D eigenvalue weighted by Gasteiger charge is -2.22. The second-order valence-electron chi connectivity index (χ2n) is 13.5. The van der Waals surface area contributed by atoms with Gasteiger partial charge in [0.1, 0.15) is 23.0 Å². The van der Waals surface area contributed by atoms with E-state index in [0.717, 1.165) is 52.0 Å². The van der Waals surface area contributed by atoms with E-state index in [1.165, 1.54) is 24.3 Å². The summed E-state index contributed by atoms with van der Waals surface area (Å²) >= 11 is 0. The van der Waals surface area contributed by atoms with Crippen molar-refractivity contribution in [2.24, 2.45) is 0 Å². The van der Waals surface area contributed by atoms with Crippen LogP contribution in [-0.2, 0) is 54.3 Å². The lowest BCUT2D eigenvalue weighted by atomic mass is 9.89. The summed E-state index contributed by atoms with van der Waals surface area (Å²) < 4.78 is 33.5. The Bertz CT molecular complexity index is 2220. The molecular weight excluding hydrogens is 788 g/mol. The minimum Gasteiger partial charge on any atom is -0.462 e. The molecule has 5 rings (SSSR count). The normalized spacial score (nSPS) is 11.7. The third-order valence-corrected chi connectivity index (χ3v) is 8.89. The number of nitro benzene ring substituents is 2. The van der Waals surface area contributed by atoms with Crippen molar-refractivity contribution in [1.29, 1.82) is 0 Å². The van der Waals surface area contributed by atoms with Crippen molar-refractivity contribution in [2.75, 3.05) is 13.2 Å². The van der Waals surface area contributed by atoms with Crippen molar-refractivity contribution < 1.29 is 67.0 Å². The quantitative estimate of drug-likeness (QED) is 0.0655. The van der Waals surface area contributed by atoms with Crippen LogP contribution in [0.1, 0.15) is 107 Å². The van der Waals surface area contributed by atoms with Gasteiger partial charge in [-0.25, -0.2) is 9.59 Å². The first-order valence-corrected chi connectivity index (χ1v) is 18.4. The number of ether oxygens (including phenoxy) is 6. The number of carbonyl (C=O) groups excluding carboxylic acids is 6. The summed E-state index contributed by atoms with van der Waals surface area (Å²) in [4.78, 5) is 101. The van der Waals surface area contributed by atoms with Crippen LogP contribution < -0.4 is 18.9 Å². The molecule has 0 N–H and O–H groups in total. The highest BCUT2D eigenvalue weighted by atomic mass is 16.6. The van der Waals surface area contributed by atoms with Crippen LogP contribution >= 0.6 is 0 Å². The Morgan fingerprint density at radius 2 is 0.667 bits per heavy atom. The van der Waals surface area contributed by atoms with Gasteiger partial charge in [0, 0.05) is 122 Å². The summed E-state index contributed by atoms with van der Waals surface area (Å²) in [6, 6.07) is 9.77. The molecule has 8 bridgehead atoms. The summed E-state index contributed by atoms with van der Waals surface area (Å²) in [7, 11) is 0. The number of hydrogen-bond acceptors (Lipinski definition) is 16. The highest BCUT2D eigenvalue weighted by Crippen LogP contribution is 2.42. The van der Waals surface area contributed by atoms with E-state index < -0.39 is 82.7 Å². The molecule has 1 aliphatic rings. The number of nitro groups is 2. The molecule has 18 nitrogen and oxygen atoms in total. The summed E-state index contributed by atoms with van der Waals surface area (Å²) in [6.07, 6.45) is -1.60. The maximum Gasteiger partial charge on any atom is 0.338 e. The molecule has 18 heteroatoms. The highest BCUT2D eigenvalue weighted by molar-refractivity contribution is 5.91. The Morgan fingerprint density at radius 1 is 0.450 bits per heavy atom. The Morgan fingerprint density at radius 3 is 0.850 bits per heavy atom. The Balaban J connectivity index is 2.03. The van der Waals surface area contributed by atoms with E-state index in [0.29, 0.717) is 0 Å². The fourth-order valence-corrected chi connectivity index (χ4v) is 6.83. The minimum absolute atomic E-state index is 0.00380. The number of nitrogens with zero attached hydrogens (tertiary/aromatic N) is 2. The molecule has 0 saturated carbocycles. The number of fused-ring (bicyclic) bond motifs is 8. The zero-order chi connectivity index (χ0) is 44.0. The Hall–Kier alpha value is -7.50. The molecule has 4 aromatic carbocycles. The van der Waals surface area contributed by atoms with E-state index in [4.69, 9.17) is 28.4 Å². The fourth-order valence-electron chi connectivity index (χ4n) is 6.83. The smallest absolute Gasteiger partial charge is 0.338 e. The molecule has 0 fully saturated rings. The molecule has 0 heterocycles.